The number of hydrogen-bond donors (Lipinski definition) is 1. The van der Waals surface area contributed by atoms with Crippen LogP contribution in [0.2, 0.25) is 0 Å². The zero-order valence-corrected chi connectivity index (χ0v) is 10.6. The van der Waals surface area contributed by atoms with Crippen molar-refractivity contribution in [2.75, 3.05) is 19.6 Å². The van der Waals surface area contributed by atoms with Crippen molar-refractivity contribution in [1.82, 2.24) is 4.90 Å². The Morgan fingerprint density at radius 3 is 2.37 bits per heavy atom. The Morgan fingerprint density at radius 1 is 1.26 bits per heavy atom. The van der Waals surface area contributed by atoms with Gasteiger partial charge in [0.25, 0.3) is 5.92 Å². The van der Waals surface area contributed by atoms with Crippen LogP contribution in [0.25, 0.3) is 0 Å². The number of alkyl halides is 2. The summed E-state index contributed by atoms with van der Waals surface area (Å²) in [6.45, 7) is 0.488. The summed E-state index contributed by atoms with van der Waals surface area (Å²) < 4.78 is 28.1. The molecule has 0 amide bonds. The van der Waals surface area contributed by atoms with Crippen molar-refractivity contribution in [3.63, 3.8) is 0 Å². The SMILES string of the molecule is O=C(O)C1CCN(CC(F)(F)c2ccccc2)CC1. The topological polar surface area (TPSA) is 40.5 Å². The van der Waals surface area contributed by atoms with Gasteiger partial charge in [0.2, 0.25) is 0 Å². The van der Waals surface area contributed by atoms with E-state index in [-0.39, 0.29) is 18.0 Å². The smallest absolute Gasteiger partial charge is 0.306 e. The van der Waals surface area contributed by atoms with E-state index in [1.165, 1.54) is 12.1 Å². The van der Waals surface area contributed by atoms with Gasteiger partial charge in [-0.25, -0.2) is 0 Å². The molecule has 3 nitrogen and oxygen atoms in total. The van der Waals surface area contributed by atoms with Gasteiger partial charge in [-0.1, -0.05) is 30.3 Å². The first-order valence-corrected chi connectivity index (χ1v) is 6.37. The molecule has 0 aliphatic carbocycles. The monoisotopic (exact) mass is 269 g/mol. The van der Waals surface area contributed by atoms with Gasteiger partial charge in [-0.3, -0.25) is 9.69 Å². The maximum absolute atomic E-state index is 14.0. The Morgan fingerprint density at radius 2 is 1.84 bits per heavy atom. The first kappa shape index (κ1) is 13.9. The molecule has 0 spiro atoms. The standard InChI is InChI=1S/C14H17F2NO2/c15-14(16,12-4-2-1-3-5-12)10-17-8-6-11(7-9-17)13(18)19/h1-5,11H,6-10H2,(H,18,19). The van der Waals surface area contributed by atoms with Gasteiger partial charge in [0, 0.05) is 5.56 Å². The normalized spacial score (nSPS) is 18.4. The quantitative estimate of drug-likeness (QED) is 0.913. The van der Waals surface area contributed by atoms with E-state index in [4.69, 9.17) is 5.11 Å². The number of rotatable bonds is 4. The van der Waals surface area contributed by atoms with Crippen LogP contribution in [0.1, 0.15) is 18.4 Å². The molecule has 1 aromatic rings. The molecule has 0 aromatic heterocycles. The molecule has 0 bridgehead atoms. The minimum absolute atomic E-state index is 0.00959. The van der Waals surface area contributed by atoms with Crippen molar-refractivity contribution in [1.29, 1.82) is 0 Å². The fourth-order valence-electron chi connectivity index (χ4n) is 2.39. The van der Waals surface area contributed by atoms with E-state index in [0.29, 0.717) is 25.9 Å². The van der Waals surface area contributed by atoms with Crippen LogP contribution in [-0.2, 0) is 10.7 Å². The Labute approximate surface area is 110 Å². The summed E-state index contributed by atoms with van der Waals surface area (Å²) in [5.41, 5.74) is 0.00959. The molecule has 0 atom stereocenters. The third kappa shape index (κ3) is 3.50. The Kier molecular flexibility index (Phi) is 4.14. The lowest BCUT2D eigenvalue weighted by molar-refractivity contribution is -0.143. The highest BCUT2D eigenvalue weighted by molar-refractivity contribution is 5.70. The molecule has 1 aliphatic heterocycles. The predicted octanol–water partition coefficient (Wildman–Crippen LogP) is 2.58. The van der Waals surface area contributed by atoms with E-state index in [2.05, 4.69) is 0 Å². The minimum atomic E-state index is -2.89. The first-order valence-electron chi connectivity index (χ1n) is 6.37. The van der Waals surface area contributed by atoms with Crippen molar-refractivity contribution in [3.8, 4) is 0 Å². The van der Waals surface area contributed by atoms with Crippen molar-refractivity contribution in [3.05, 3.63) is 35.9 Å². The van der Waals surface area contributed by atoms with Crippen molar-refractivity contribution >= 4 is 5.97 Å². The van der Waals surface area contributed by atoms with E-state index >= 15 is 0 Å². The summed E-state index contributed by atoms with van der Waals surface area (Å²) in [4.78, 5) is 12.4. The van der Waals surface area contributed by atoms with Crippen LogP contribution >= 0.6 is 0 Å². The number of aliphatic carboxylic acids is 1. The third-order valence-electron chi connectivity index (χ3n) is 3.56. The molecule has 1 saturated heterocycles. The molecule has 0 unspecified atom stereocenters. The van der Waals surface area contributed by atoms with E-state index in [0.717, 1.165) is 0 Å². The number of hydrogen-bond acceptors (Lipinski definition) is 2. The third-order valence-corrected chi connectivity index (χ3v) is 3.56. The average molecular weight is 269 g/mol. The Hall–Kier alpha value is -1.49. The lowest BCUT2D eigenvalue weighted by Gasteiger charge is -2.32. The number of nitrogens with zero attached hydrogens (tertiary/aromatic N) is 1. The van der Waals surface area contributed by atoms with Crippen LogP contribution in [0.5, 0.6) is 0 Å². The molecule has 1 heterocycles. The molecule has 5 heteroatoms. The highest BCUT2D eigenvalue weighted by Crippen LogP contribution is 2.30. The zero-order valence-electron chi connectivity index (χ0n) is 10.6. The summed E-state index contributed by atoms with van der Waals surface area (Å²) in [6, 6.07) is 7.74. The number of piperidine rings is 1. The van der Waals surface area contributed by atoms with Gasteiger partial charge in [-0.05, 0) is 25.9 Å². The predicted molar refractivity (Wildman–Crippen MR) is 67.1 cm³/mol. The van der Waals surface area contributed by atoms with E-state index in [1.807, 2.05) is 0 Å². The van der Waals surface area contributed by atoms with E-state index < -0.39 is 11.9 Å². The molecule has 1 N–H and O–H groups in total. The second-order valence-corrected chi connectivity index (χ2v) is 4.96. The summed E-state index contributed by atoms with van der Waals surface area (Å²) in [6.07, 6.45) is 0.889. The highest BCUT2D eigenvalue weighted by Gasteiger charge is 2.35. The Balaban J connectivity index is 1.93. The molecule has 0 saturated carbocycles. The minimum Gasteiger partial charge on any atom is -0.481 e. The van der Waals surface area contributed by atoms with Crippen LogP contribution < -0.4 is 0 Å². The van der Waals surface area contributed by atoms with Gasteiger partial charge >= 0.3 is 5.97 Å². The molecular formula is C14H17F2NO2. The molecule has 0 radical (unpaired) electrons. The summed E-state index contributed by atoms with van der Waals surface area (Å²) >= 11 is 0. The maximum Gasteiger partial charge on any atom is 0.306 e. The van der Waals surface area contributed by atoms with Gasteiger partial charge in [-0.2, -0.15) is 8.78 Å². The maximum atomic E-state index is 14.0. The molecule has 2 rings (SSSR count). The fourth-order valence-corrected chi connectivity index (χ4v) is 2.39. The second-order valence-electron chi connectivity index (χ2n) is 4.96. The van der Waals surface area contributed by atoms with Crippen LogP contribution in [0, 0.1) is 5.92 Å². The van der Waals surface area contributed by atoms with Gasteiger partial charge in [0.15, 0.2) is 0 Å². The summed E-state index contributed by atoms with van der Waals surface area (Å²) in [7, 11) is 0. The number of likely N-dealkylation sites (tertiary alicyclic amines) is 1. The van der Waals surface area contributed by atoms with E-state index in [1.54, 1.807) is 23.1 Å². The molecule has 1 fully saturated rings. The largest absolute Gasteiger partial charge is 0.481 e. The van der Waals surface area contributed by atoms with Crippen LogP contribution in [0.15, 0.2) is 30.3 Å². The zero-order chi connectivity index (χ0) is 13.9. The van der Waals surface area contributed by atoms with Crippen LogP contribution in [0.3, 0.4) is 0 Å². The van der Waals surface area contributed by atoms with Crippen molar-refractivity contribution in [2.45, 2.75) is 18.8 Å². The molecule has 1 aliphatic rings. The van der Waals surface area contributed by atoms with Crippen LogP contribution in [-0.4, -0.2) is 35.6 Å². The number of carbonyl (C=O) groups is 1. The molecular weight excluding hydrogens is 252 g/mol. The van der Waals surface area contributed by atoms with E-state index in [9.17, 15) is 13.6 Å². The fraction of sp³-hybridized carbons (Fsp3) is 0.500. The summed E-state index contributed by atoms with van der Waals surface area (Å²) in [5.74, 6) is -4.10. The highest BCUT2D eigenvalue weighted by atomic mass is 19.3. The number of halogens is 2. The lowest BCUT2D eigenvalue weighted by Crippen LogP contribution is -2.42. The molecule has 104 valence electrons. The van der Waals surface area contributed by atoms with Gasteiger partial charge < -0.3 is 5.11 Å². The van der Waals surface area contributed by atoms with Gasteiger partial charge in [-0.15, -0.1) is 0 Å². The first-order chi connectivity index (χ1) is 8.99. The number of benzene rings is 1. The second kappa shape index (κ2) is 5.65. The van der Waals surface area contributed by atoms with Crippen molar-refractivity contribution < 1.29 is 18.7 Å². The van der Waals surface area contributed by atoms with Crippen LogP contribution in [0.4, 0.5) is 8.78 Å². The van der Waals surface area contributed by atoms with Gasteiger partial charge in [0.1, 0.15) is 0 Å². The van der Waals surface area contributed by atoms with Gasteiger partial charge in [0.05, 0.1) is 12.5 Å². The molecule has 19 heavy (non-hydrogen) atoms. The molecule has 1 aromatic carbocycles. The summed E-state index contributed by atoms with van der Waals surface area (Å²) in [5, 5.41) is 8.87. The number of carboxylic acid groups (broad SMARTS) is 1. The van der Waals surface area contributed by atoms with Crippen molar-refractivity contribution in [2.24, 2.45) is 5.92 Å². The lowest BCUT2D eigenvalue weighted by atomic mass is 9.96. The average Bonchev–Trinajstić information content (AvgIpc) is 2.40. The Bertz CT molecular complexity index is 428. The number of carboxylic acids is 1.